The first kappa shape index (κ1) is 14.4. The van der Waals surface area contributed by atoms with E-state index in [0.717, 1.165) is 12.8 Å². The minimum Gasteiger partial charge on any atom is -0.481 e. The number of amides is 2. The van der Waals surface area contributed by atoms with E-state index in [2.05, 4.69) is 5.32 Å². The van der Waals surface area contributed by atoms with Crippen molar-refractivity contribution >= 4 is 17.8 Å². The van der Waals surface area contributed by atoms with Crippen molar-refractivity contribution in [2.45, 2.75) is 39.2 Å². The third-order valence-corrected chi connectivity index (χ3v) is 5.49. The van der Waals surface area contributed by atoms with Crippen molar-refractivity contribution in [3.8, 4) is 0 Å². The zero-order chi connectivity index (χ0) is 15.4. The molecular weight excluding hydrogens is 272 g/mol. The summed E-state index contributed by atoms with van der Waals surface area (Å²) < 4.78 is 0. The molecule has 2 unspecified atom stereocenters. The van der Waals surface area contributed by atoms with Gasteiger partial charge < -0.3 is 15.3 Å². The number of likely N-dealkylation sites (tertiary alicyclic amines) is 1. The smallest absolute Gasteiger partial charge is 0.307 e. The van der Waals surface area contributed by atoms with Gasteiger partial charge in [0, 0.05) is 25.6 Å². The van der Waals surface area contributed by atoms with Crippen molar-refractivity contribution in [3.63, 3.8) is 0 Å². The van der Waals surface area contributed by atoms with Crippen LogP contribution in [0.1, 0.15) is 33.1 Å². The van der Waals surface area contributed by atoms with E-state index in [-0.39, 0.29) is 17.9 Å². The van der Waals surface area contributed by atoms with Gasteiger partial charge in [-0.3, -0.25) is 14.4 Å². The van der Waals surface area contributed by atoms with Gasteiger partial charge in [-0.25, -0.2) is 0 Å². The Bertz CT molecular complexity index is 502. The second kappa shape index (κ2) is 4.71. The highest BCUT2D eigenvalue weighted by Gasteiger charge is 2.66. The number of piperidine rings is 2. The Balaban J connectivity index is 1.65. The van der Waals surface area contributed by atoms with Gasteiger partial charge in [-0.15, -0.1) is 0 Å². The van der Waals surface area contributed by atoms with Crippen molar-refractivity contribution in [2.24, 2.45) is 23.2 Å². The summed E-state index contributed by atoms with van der Waals surface area (Å²) in [6.45, 7) is 4.95. The van der Waals surface area contributed by atoms with Crippen LogP contribution >= 0.6 is 0 Å². The Labute approximate surface area is 123 Å². The van der Waals surface area contributed by atoms with Crippen molar-refractivity contribution in [1.29, 1.82) is 0 Å². The van der Waals surface area contributed by atoms with Crippen LogP contribution in [0.4, 0.5) is 0 Å². The summed E-state index contributed by atoms with van der Waals surface area (Å²) in [4.78, 5) is 37.0. The second-order valence-electron chi connectivity index (χ2n) is 7.16. The highest BCUT2D eigenvalue weighted by atomic mass is 16.4. The minimum atomic E-state index is -0.877. The van der Waals surface area contributed by atoms with Crippen molar-refractivity contribution in [1.82, 2.24) is 10.2 Å². The molecule has 4 atom stereocenters. The number of rotatable bonds is 2. The van der Waals surface area contributed by atoms with E-state index in [1.165, 1.54) is 0 Å². The molecular formula is C15H22N2O4. The average molecular weight is 294 g/mol. The van der Waals surface area contributed by atoms with Gasteiger partial charge in [0.15, 0.2) is 0 Å². The molecule has 1 saturated carbocycles. The van der Waals surface area contributed by atoms with E-state index in [0.29, 0.717) is 25.4 Å². The number of carboxylic acids is 1. The van der Waals surface area contributed by atoms with Crippen LogP contribution in [0.15, 0.2) is 0 Å². The topological polar surface area (TPSA) is 86.7 Å². The number of aliphatic carboxylic acids is 1. The third-order valence-electron chi connectivity index (χ3n) is 5.49. The molecule has 3 rings (SSSR count). The van der Waals surface area contributed by atoms with E-state index in [1.54, 1.807) is 0 Å². The second-order valence-corrected chi connectivity index (χ2v) is 7.16. The lowest BCUT2D eigenvalue weighted by Gasteiger charge is -2.41. The van der Waals surface area contributed by atoms with Crippen LogP contribution in [0, 0.1) is 23.2 Å². The molecule has 0 aromatic heterocycles. The molecule has 6 nitrogen and oxygen atoms in total. The van der Waals surface area contributed by atoms with Gasteiger partial charge in [0.05, 0.1) is 11.8 Å². The summed E-state index contributed by atoms with van der Waals surface area (Å²) in [5.41, 5.74) is -0.444. The Morgan fingerprint density at radius 1 is 1.29 bits per heavy atom. The quantitative estimate of drug-likeness (QED) is 0.775. The molecule has 1 aliphatic carbocycles. The van der Waals surface area contributed by atoms with Crippen LogP contribution in [0.25, 0.3) is 0 Å². The molecule has 116 valence electrons. The number of carbonyl (C=O) groups is 3. The Kier molecular flexibility index (Phi) is 3.22. The van der Waals surface area contributed by atoms with Gasteiger partial charge in [-0.2, -0.15) is 0 Å². The predicted octanol–water partition coefficient (Wildman–Crippen LogP) is 0.470. The van der Waals surface area contributed by atoms with Crippen LogP contribution in [0.3, 0.4) is 0 Å². The van der Waals surface area contributed by atoms with E-state index in [9.17, 15) is 19.5 Å². The molecule has 2 saturated heterocycles. The first-order chi connectivity index (χ1) is 9.82. The minimum absolute atomic E-state index is 0.0252. The highest BCUT2D eigenvalue weighted by Crippen LogP contribution is 2.59. The molecule has 2 aliphatic heterocycles. The fourth-order valence-electron chi connectivity index (χ4n) is 4.07. The summed E-state index contributed by atoms with van der Waals surface area (Å²) >= 11 is 0. The zero-order valence-corrected chi connectivity index (χ0v) is 12.5. The molecule has 2 heterocycles. The normalized spacial score (nSPS) is 37.4. The number of nitrogens with one attached hydrogen (secondary N) is 1. The number of fused-ring (bicyclic) bond motifs is 1. The Morgan fingerprint density at radius 2 is 2.00 bits per heavy atom. The average Bonchev–Trinajstić information content (AvgIpc) is 3.00. The molecule has 3 fully saturated rings. The standard InChI is InChI=1S/C15H22N2O4/c1-15(2)11(12(15)14(20)21)13(19)17-6-5-9-8(7-17)3-4-10(18)16-9/h8-9,11-12H,3-7H2,1-2H3,(H,16,18)(H,20,21)/t8?,9?,11-,12+/m1/s1. The zero-order valence-electron chi connectivity index (χ0n) is 12.5. The van der Waals surface area contributed by atoms with Gasteiger partial charge in [-0.1, -0.05) is 13.8 Å². The SMILES string of the molecule is CC1(C)[C@H](C(=O)O)[C@@H]1C(=O)N1CCC2NC(=O)CCC2C1. The predicted molar refractivity (Wildman–Crippen MR) is 74.2 cm³/mol. The lowest BCUT2D eigenvalue weighted by Crippen LogP contribution is -2.55. The number of nitrogens with zero attached hydrogens (tertiary/aromatic N) is 1. The summed E-state index contributed by atoms with van der Waals surface area (Å²) in [7, 11) is 0. The van der Waals surface area contributed by atoms with E-state index in [4.69, 9.17) is 0 Å². The first-order valence-electron chi connectivity index (χ1n) is 7.63. The Hall–Kier alpha value is -1.59. The monoisotopic (exact) mass is 294 g/mol. The molecule has 0 aromatic carbocycles. The van der Waals surface area contributed by atoms with Gasteiger partial charge in [-0.05, 0) is 24.2 Å². The number of hydrogen-bond donors (Lipinski definition) is 2. The van der Waals surface area contributed by atoms with Crippen LogP contribution in [0.5, 0.6) is 0 Å². The largest absolute Gasteiger partial charge is 0.481 e. The van der Waals surface area contributed by atoms with Crippen LogP contribution in [-0.2, 0) is 14.4 Å². The lowest BCUT2D eigenvalue weighted by atomic mass is 9.85. The van der Waals surface area contributed by atoms with Gasteiger partial charge in [0.1, 0.15) is 0 Å². The molecule has 3 aliphatic rings. The molecule has 6 heteroatoms. The number of hydrogen-bond acceptors (Lipinski definition) is 3. The van der Waals surface area contributed by atoms with Gasteiger partial charge >= 0.3 is 5.97 Å². The molecule has 0 spiro atoms. The summed E-state index contributed by atoms with van der Waals surface area (Å²) in [5.74, 6) is -1.45. The van der Waals surface area contributed by atoms with Crippen LogP contribution in [0.2, 0.25) is 0 Å². The maximum atomic E-state index is 12.6. The molecule has 0 radical (unpaired) electrons. The first-order valence-corrected chi connectivity index (χ1v) is 7.63. The van der Waals surface area contributed by atoms with Crippen molar-refractivity contribution in [3.05, 3.63) is 0 Å². The Morgan fingerprint density at radius 3 is 2.62 bits per heavy atom. The van der Waals surface area contributed by atoms with Gasteiger partial charge in [0.25, 0.3) is 0 Å². The maximum Gasteiger partial charge on any atom is 0.307 e. The molecule has 0 aromatic rings. The molecule has 2 N–H and O–H groups in total. The molecule has 2 amide bonds. The summed E-state index contributed by atoms with van der Waals surface area (Å²) in [6.07, 6.45) is 2.11. The van der Waals surface area contributed by atoms with Gasteiger partial charge in [0.2, 0.25) is 11.8 Å². The molecule has 0 bridgehead atoms. The fraction of sp³-hybridized carbons (Fsp3) is 0.800. The number of carbonyl (C=O) groups excluding carboxylic acids is 2. The highest BCUT2D eigenvalue weighted by molar-refractivity contribution is 5.91. The van der Waals surface area contributed by atoms with E-state index < -0.39 is 23.2 Å². The van der Waals surface area contributed by atoms with E-state index >= 15 is 0 Å². The molecule has 21 heavy (non-hydrogen) atoms. The van der Waals surface area contributed by atoms with Crippen molar-refractivity contribution in [2.75, 3.05) is 13.1 Å². The van der Waals surface area contributed by atoms with E-state index in [1.807, 2.05) is 18.7 Å². The van der Waals surface area contributed by atoms with Crippen LogP contribution in [-0.4, -0.2) is 46.9 Å². The lowest BCUT2D eigenvalue weighted by molar-refractivity contribution is -0.143. The summed E-state index contributed by atoms with van der Waals surface area (Å²) in [5, 5.41) is 12.2. The maximum absolute atomic E-state index is 12.6. The number of carboxylic acid groups (broad SMARTS) is 1. The third kappa shape index (κ3) is 2.30. The summed E-state index contributed by atoms with van der Waals surface area (Å²) in [6, 6.07) is 0.179. The van der Waals surface area contributed by atoms with Crippen LogP contribution < -0.4 is 5.32 Å². The van der Waals surface area contributed by atoms with Crippen molar-refractivity contribution < 1.29 is 19.5 Å². The fourth-order valence-corrected chi connectivity index (χ4v) is 4.07.